The monoisotopic (exact) mass is 340 g/mol. The van der Waals surface area contributed by atoms with Crippen LogP contribution >= 0.6 is 11.8 Å². The minimum absolute atomic E-state index is 0.204. The molecule has 1 aromatic rings. The van der Waals surface area contributed by atoms with Crippen molar-refractivity contribution < 1.29 is 19.0 Å². The van der Waals surface area contributed by atoms with Crippen molar-refractivity contribution >= 4 is 17.7 Å². The van der Waals surface area contributed by atoms with Crippen molar-refractivity contribution in [3.05, 3.63) is 23.9 Å². The predicted octanol–water partition coefficient (Wildman–Crippen LogP) is 2.09. The Bertz CT molecular complexity index is 471. The largest absolute Gasteiger partial charge is 0.473 e. The first-order chi connectivity index (χ1) is 11.2. The van der Waals surface area contributed by atoms with Gasteiger partial charge < -0.3 is 19.5 Å². The molecule has 0 radical (unpaired) electrons. The zero-order valence-corrected chi connectivity index (χ0v) is 14.4. The van der Waals surface area contributed by atoms with Gasteiger partial charge in [-0.05, 0) is 32.1 Å². The molecule has 1 aromatic heterocycles. The van der Waals surface area contributed by atoms with Crippen LogP contribution in [0.25, 0.3) is 0 Å². The summed E-state index contributed by atoms with van der Waals surface area (Å²) in [5, 5.41) is 2.79. The zero-order chi connectivity index (χ0) is 16.5. The second kappa shape index (κ2) is 9.75. The Balaban J connectivity index is 1.81. The van der Waals surface area contributed by atoms with Gasteiger partial charge in [0.05, 0.1) is 12.1 Å². The first kappa shape index (κ1) is 18.0. The van der Waals surface area contributed by atoms with E-state index in [0.717, 1.165) is 17.9 Å². The average Bonchev–Trinajstić information content (AvgIpc) is 3.06. The van der Waals surface area contributed by atoms with Crippen molar-refractivity contribution in [2.45, 2.75) is 32.7 Å². The highest BCUT2D eigenvalue weighted by molar-refractivity contribution is 7.99. The maximum Gasteiger partial charge on any atom is 0.253 e. The Morgan fingerprint density at radius 3 is 2.74 bits per heavy atom. The molecule has 0 aliphatic carbocycles. The Labute approximate surface area is 141 Å². The highest BCUT2D eigenvalue weighted by Gasteiger charge is 2.18. The van der Waals surface area contributed by atoms with Gasteiger partial charge in [0.1, 0.15) is 6.10 Å². The maximum absolute atomic E-state index is 12.1. The highest BCUT2D eigenvalue weighted by atomic mass is 32.2. The quantitative estimate of drug-likeness (QED) is 0.694. The van der Waals surface area contributed by atoms with E-state index in [9.17, 15) is 4.79 Å². The SMILES string of the molecule is CCOC(CNC(=O)c1ccc(OC2CCSC2)nc1)OCC. The molecule has 2 rings (SSSR count). The molecule has 0 bridgehead atoms. The number of amides is 1. The summed E-state index contributed by atoms with van der Waals surface area (Å²) in [7, 11) is 0. The second-order valence-corrected chi connectivity index (χ2v) is 6.19. The van der Waals surface area contributed by atoms with E-state index >= 15 is 0 Å². The van der Waals surface area contributed by atoms with Crippen molar-refractivity contribution in [2.75, 3.05) is 31.3 Å². The summed E-state index contributed by atoms with van der Waals surface area (Å²) < 4.78 is 16.5. The summed E-state index contributed by atoms with van der Waals surface area (Å²) in [4.78, 5) is 16.3. The minimum Gasteiger partial charge on any atom is -0.473 e. The van der Waals surface area contributed by atoms with Crippen LogP contribution in [0.3, 0.4) is 0 Å². The van der Waals surface area contributed by atoms with Gasteiger partial charge in [-0.2, -0.15) is 11.8 Å². The first-order valence-electron chi connectivity index (χ1n) is 7.94. The second-order valence-electron chi connectivity index (χ2n) is 5.04. The number of nitrogens with one attached hydrogen (secondary N) is 1. The molecule has 1 amide bonds. The van der Waals surface area contributed by atoms with Crippen molar-refractivity contribution in [1.29, 1.82) is 0 Å². The molecule has 0 spiro atoms. The predicted molar refractivity (Wildman–Crippen MR) is 90.0 cm³/mol. The number of thioether (sulfide) groups is 1. The topological polar surface area (TPSA) is 69.7 Å². The number of hydrogen-bond acceptors (Lipinski definition) is 6. The number of ether oxygens (including phenoxy) is 3. The number of carbonyl (C=O) groups excluding carboxylic acids is 1. The average molecular weight is 340 g/mol. The summed E-state index contributed by atoms with van der Waals surface area (Å²) in [6, 6.07) is 3.45. The van der Waals surface area contributed by atoms with Crippen LogP contribution in [0.4, 0.5) is 0 Å². The van der Waals surface area contributed by atoms with Gasteiger partial charge in [0.15, 0.2) is 6.29 Å². The molecule has 1 unspecified atom stereocenters. The van der Waals surface area contributed by atoms with Crippen LogP contribution in [0.2, 0.25) is 0 Å². The molecule has 2 heterocycles. The van der Waals surface area contributed by atoms with Gasteiger partial charge >= 0.3 is 0 Å². The summed E-state index contributed by atoms with van der Waals surface area (Å²) in [5.74, 6) is 2.49. The van der Waals surface area contributed by atoms with Crippen molar-refractivity contribution in [2.24, 2.45) is 0 Å². The van der Waals surface area contributed by atoms with E-state index in [4.69, 9.17) is 14.2 Å². The van der Waals surface area contributed by atoms with E-state index in [-0.39, 0.29) is 12.0 Å². The van der Waals surface area contributed by atoms with Gasteiger partial charge in [0, 0.05) is 31.2 Å². The van der Waals surface area contributed by atoms with Gasteiger partial charge in [0.2, 0.25) is 5.88 Å². The molecule has 0 aromatic carbocycles. The Morgan fingerprint density at radius 1 is 1.39 bits per heavy atom. The smallest absolute Gasteiger partial charge is 0.253 e. The van der Waals surface area contributed by atoms with Crippen molar-refractivity contribution in [3.8, 4) is 5.88 Å². The fraction of sp³-hybridized carbons (Fsp3) is 0.625. The lowest BCUT2D eigenvalue weighted by Gasteiger charge is -2.17. The summed E-state index contributed by atoms with van der Waals surface area (Å²) in [6.07, 6.45) is 2.38. The van der Waals surface area contributed by atoms with E-state index in [1.807, 2.05) is 25.6 Å². The Morgan fingerprint density at radius 2 is 2.17 bits per heavy atom. The normalized spacial score (nSPS) is 17.4. The molecular formula is C16H24N2O4S. The molecule has 6 nitrogen and oxygen atoms in total. The third kappa shape index (κ3) is 6.01. The number of nitrogens with zero attached hydrogens (tertiary/aromatic N) is 1. The van der Waals surface area contributed by atoms with Gasteiger partial charge in [-0.1, -0.05) is 0 Å². The lowest BCUT2D eigenvalue weighted by Crippen LogP contribution is -2.35. The maximum atomic E-state index is 12.1. The third-order valence-corrected chi connectivity index (χ3v) is 4.44. The summed E-state index contributed by atoms with van der Waals surface area (Å²) in [5.41, 5.74) is 0.491. The van der Waals surface area contributed by atoms with Gasteiger partial charge in [-0.15, -0.1) is 0 Å². The molecular weight excluding hydrogens is 316 g/mol. The standard InChI is InChI=1S/C16H24N2O4S/c1-3-20-15(21-4-2)10-18-16(19)12-5-6-14(17-9-12)22-13-7-8-23-11-13/h5-6,9,13,15H,3-4,7-8,10-11H2,1-2H3,(H,18,19). The van der Waals surface area contributed by atoms with E-state index in [1.165, 1.54) is 6.20 Å². The van der Waals surface area contributed by atoms with Crippen LogP contribution in [0.15, 0.2) is 18.3 Å². The molecule has 1 aliphatic heterocycles. The van der Waals surface area contributed by atoms with Crippen molar-refractivity contribution in [1.82, 2.24) is 10.3 Å². The van der Waals surface area contributed by atoms with Gasteiger partial charge in [-0.3, -0.25) is 4.79 Å². The fourth-order valence-corrected chi connectivity index (χ4v) is 3.27. The molecule has 7 heteroatoms. The molecule has 1 N–H and O–H groups in total. The lowest BCUT2D eigenvalue weighted by molar-refractivity contribution is -0.131. The van der Waals surface area contributed by atoms with E-state index in [0.29, 0.717) is 31.2 Å². The van der Waals surface area contributed by atoms with E-state index in [1.54, 1.807) is 12.1 Å². The summed E-state index contributed by atoms with van der Waals surface area (Å²) in [6.45, 7) is 5.15. The number of pyridine rings is 1. The number of aromatic nitrogens is 1. The van der Waals surface area contributed by atoms with Crippen molar-refractivity contribution in [3.63, 3.8) is 0 Å². The Kier molecular flexibility index (Phi) is 7.64. The number of carbonyl (C=O) groups is 1. The molecule has 1 aliphatic rings. The third-order valence-electron chi connectivity index (χ3n) is 3.31. The van der Waals surface area contributed by atoms with Gasteiger partial charge in [0.25, 0.3) is 5.91 Å². The van der Waals surface area contributed by atoms with Crippen LogP contribution in [0.5, 0.6) is 5.88 Å². The van der Waals surface area contributed by atoms with Gasteiger partial charge in [-0.25, -0.2) is 4.98 Å². The Hall–Kier alpha value is -1.31. The number of rotatable bonds is 9. The molecule has 128 valence electrons. The van der Waals surface area contributed by atoms with Crippen LogP contribution in [0, 0.1) is 0 Å². The zero-order valence-electron chi connectivity index (χ0n) is 13.6. The van der Waals surface area contributed by atoms with Crippen LogP contribution in [0.1, 0.15) is 30.6 Å². The summed E-state index contributed by atoms with van der Waals surface area (Å²) >= 11 is 1.89. The van der Waals surface area contributed by atoms with E-state index < -0.39 is 6.29 Å². The molecule has 1 saturated heterocycles. The molecule has 23 heavy (non-hydrogen) atoms. The highest BCUT2D eigenvalue weighted by Crippen LogP contribution is 2.21. The van der Waals surface area contributed by atoms with E-state index in [2.05, 4.69) is 10.3 Å². The fourth-order valence-electron chi connectivity index (χ4n) is 2.18. The van der Waals surface area contributed by atoms with Crippen LogP contribution < -0.4 is 10.1 Å². The van der Waals surface area contributed by atoms with Crippen LogP contribution in [-0.4, -0.2) is 54.5 Å². The first-order valence-corrected chi connectivity index (χ1v) is 9.10. The molecule has 0 saturated carbocycles. The molecule has 1 atom stereocenters. The number of hydrogen-bond donors (Lipinski definition) is 1. The lowest BCUT2D eigenvalue weighted by atomic mass is 10.2. The minimum atomic E-state index is -0.426. The van der Waals surface area contributed by atoms with Crippen LogP contribution in [-0.2, 0) is 9.47 Å². The molecule has 1 fully saturated rings.